The van der Waals surface area contributed by atoms with Crippen molar-refractivity contribution in [2.24, 2.45) is 0 Å². The molecule has 1 aliphatic carbocycles. The Morgan fingerprint density at radius 2 is 1.94 bits per heavy atom. The predicted octanol–water partition coefficient (Wildman–Crippen LogP) is 3.70. The van der Waals surface area contributed by atoms with Crippen molar-refractivity contribution in [3.05, 3.63) is 59.2 Å². The van der Waals surface area contributed by atoms with E-state index in [4.69, 9.17) is 11.6 Å². The van der Waals surface area contributed by atoms with E-state index < -0.39 is 0 Å². The van der Waals surface area contributed by atoms with Gasteiger partial charge < -0.3 is 5.32 Å². The van der Waals surface area contributed by atoms with E-state index in [1.54, 1.807) is 6.20 Å². The van der Waals surface area contributed by atoms with E-state index in [-0.39, 0.29) is 0 Å². The monoisotopic (exact) mass is 244 g/mol. The Bertz CT molecular complexity index is 513. The molecule has 17 heavy (non-hydrogen) atoms. The predicted molar refractivity (Wildman–Crippen MR) is 70.5 cm³/mol. The van der Waals surface area contributed by atoms with Gasteiger partial charge in [-0.1, -0.05) is 41.9 Å². The molecule has 3 heteroatoms. The van der Waals surface area contributed by atoms with Gasteiger partial charge in [0.1, 0.15) is 5.82 Å². The molecular formula is C14H13ClN2. The number of hydrogen-bond acceptors (Lipinski definition) is 2. The second-order valence-corrected chi connectivity index (χ2v) is 4.74. The molecule has 0 bridgehead atoms. The first-order valence-corrected chi connectivity index (χ1v) is 6.14. The van der Waals surface area contributed by atoms with Gasteiger partial charge in [0.15, 0.2) is 0 Å². The number of halogens is 1. The standard InChI is InChI=1S/C14H13ClN2/c15-12-7-4-8-16-14(12)17-13-9-11(13)10-5-2-1-3-6-10/h1-8,11,13H,9H2,(H,16,17). The molecule has 1 fully saturated rings. The fourth-order valence-electron chi connectivity index (χ4n) is 2.09. The Hall–Kier alpha value is -1.54. The molecule has 0 saturated heterocycles. The van der Waals surface area contributed by atoms with Crippen LogP contribution in [0.2, 0.25) is 5.02 Å². The van der Waals surface area contributed by atoms with Crippen LogP contribution in [0, 0.1) is 0 Å². The minimum absolute atomic E-state index is 0.463. The van der Waals surface area contributed by atoms with Crippen LogP contribution >= 0.6 is 11.6 Å². The highest BCUT2D eigenvalue weighted by Gasteiger charge is 2.38. The number of pyridine rings is 1. The molecule has 1 aliphatic rings. The van der Waals surface area contributed by atoms with E-state index in [9.17, 15) is 0 Å². The number of aromatic nitrogens is 1. The Kier molecular flexibility index (Phi) is 2.73. The SMILES string of the molecule is Clc1cccnc1NC1CC1c1ccccc1. The summed E-state index contributed by atoms with van der Waals surface area (Å²) in [5.74, 6) is 1.38. The first-order chi connectivity index (χ1) is 8.34. The van der Waals surface area contributed by atoms with Crippen molar-refractivity contribution in [3.8, 4) is 0 Å². The Balaban J connectivity index is 1.69. The zero-order valence-electron chi connectivity index (χ0n) is 9.31. The number of rotatable bonds is 3. The fourth-order valence-corrected chi connectivity index (χ4v) is 2.27. The molecule has 3 rings (SSSR count). The molecule has 1 saturated carbocycles. The van der Waals surface area contributed by atoms with Crippen molar-refractivity contribution < 1.29 is 0 Å². The van der Waals surface area contributed by atoms with Gasteiger partial charge in [-0.25, -0.2) is 4.98 Å². The summed E-state index contributed by atoms with van der Waals surface area (Å²) in [6.45, 7) is 0. The third-order valence-electron chi connectivity index (χ3n) is 3.10. The van der Waals surface area contributed by atoms with Crippen molar-refractivity contribution in [3.63, 3.8) is 0 Å². The number of nitrogens with zero attached hydrogens (tertiary/aromatic N) is 1. The largest absolute Gasteiger partial charge is 0.365 e. The van der Waals surface area contributed by atoms with Gasteiger partial charge in [0.05, 0.1) is 5.02 Å². The van der Waals surface area contributed by atoms with Gasteiger partial charge in [-0.2, -0.15) is 0 Å². The molecule has 0 radical (unpaired) electrons. The first kappa shape index (κ1) is 10.6. The Morgan fingerprint density at radius 3 is 2.71 bits per heavy atom. The van der Waals surface area contributed by atoms with Crippen LogP contribution in [-0.4, -0.2) is 11.0 Å². The Morgan fingerprint density at radius 1 is 1.12 bits per heavy atom. The summed E-state index contributed by atoms with van der Waals surface area (Å²) < 4.78 is 0. The van der Waals surface area contributed by atoms with E-state index in [1.165, 1.54) is 5.56 Å². The van der Waals surface area contributed by atoms with E-state index in [2.05, 4.69) is 34.6 Å². The van der Waals surface area contributed by atoms with E-state index in [1.807, 2.05) is 18.2 Å². The quantitative estimate of drug-likeness (QED) is 0.891. The second kappa shape index (κ2) is 4.38. The maximum absolute atomic E-state index is 6.06. The molecule has 0 spiro atoms. The van der Waals surface area contributed by atoms with Crippen LogP contribution in [0.1, 0.15) is 17.9 Å². The number of hydrogen-bond donors (Lipinski definition) is 1. The number of nitrogens with one attached hydrogen (secondary N) is 1. The minimum Gasteiger partial charge on any atom is -0.365 e. The Labute approximate surface area is 106 Å². The highest BCUT2D eigenvalue weighted by molar-refractivity contribution is 6.32. The summed E-state index contributed by atoms with van der Waals surface area (Å²) in [6.07, 6.45) is 2.91. The molecule has 1 N–H and O–H groups in total. The molecular weight excluding hydrogens is 232 g/mol. The molecule has 2 nitrogen and oxygen atoms in total. The van der Waals surface area contributed by atoms with Gasteiger partial charge in [0.25, 0.3) is 0 Å². The van der Waals surface area contributed by atoms with Crippen LogP contribution in [0.5, 0.6) is 0 Å². The van der Waals surface area contributed by atoms with Gasteiger partial charge in [-0.05, 0) is 24.1 Å². The third kappa shape index (κ3) is 2.27. The molecule has 2 aromatic rings. The lowest BCUT2D eigenvalue weighted by molar-refractivity contribution is 1.03. The molecule has 0 aliphatic heterocycles. The maximum atomic E-state index is 6.06. The van der Waals surface area contributed by atoms with Gasteiger partial charge in [-0.3, -0.25) is 0 Å². The van der Waals surface area contributed by atoms with Crippen LogP contribution < -0.4 is 5.32 Å². The normalized spacial score (nSPS) is 22.2. The third-order valence-corrected chi connectivity index (χ3v) is 3.40. The van der Waals surface area contributed by atoms with Crippen molar-refractivity contribution in [2.45, 2.75) is 18.4 Å². The van der Waals surface area contributed by atoms with Crippen molar-refractivity contribution >= 4 is 17.4 Å². The molecule has 0 amide bonds. The van der Waals surface area contributed by atoms with Crippen molar-refractivity contribution in [1.82, 2.24) is 4.98 Å². The molecule has 2 unspecified atom stereocenters. The van der Waals surface area contributed by atoms with Gasteiger partial charge in [0, 0.05) is 18.2 Å². The van der Waals surface area contributed by atoms with E-state index in [0.29, 0.717) is 17.0 Å². The maximum Gasteiger partial charge on any atom is 0.144 e. The lowest BCUT2D eigenvalue weighted by Crippen LogP contribution is -2.06. The minimum atomic E-state index is 0.463. The summed E-state index contributed by atoms with van der Waals surface area (Å²) in [7, 11) is 0. The van der Waals surface area contributed by atoms with Crippen LogP contribution in [-0.2, 0) is 0 Å². The summed E-state index contributed by atoms with van der Waals surface area (Å²) >= 11 is 6.06. The molecule has 1 aromatic carbocycles. The summed E-state index contributed by atoms with van der Waals surface area (Å²) in [4.78, 5) is 4.24. The van der Waals surface area contributed by atoms with Gasteiger partial charge in [-0.15, -0.1) is 0 Å². The lowest BCUT2D eigenvalue weighted by Gasteiger charge is -2.06. The average molecular weight is 245 g/mol. The van der Waals surface area contributed by atoms with E-state index >= 15 is 0 Å². The smallest absolute Gasteiger partial charge is 0.144 e. The number of anilines is 1. The van der Waals surface area contributed by atoms with Gasteiger partial charge in [0.2, 0.25) is 0 Å². The molecule has 1 aromatic heterocycles. The fraction of sp³-hybridized carbons (Fsp3) is 0.214. The molecule has 2 atom stereocenters. The lowest BCUT2D eigenvalue weighted by atomic mass is 10.1. The van der Waals surface area contributed by atoms with Crippen molar-refractivity contribution in [2.75, 3.05) is 5.32 Å². The summed E-state index contributed by atoms with van der Waals surface area (Å²) in [5, 5.41) is 4.08. The summed E-state index contributed by atoms with van der Waals surface area (Å²) in [6, 6.07) is 14.7. The average Bonchev–Trinajstić information content (AvgIpc) is 3.13. The zero-order chi connectivity index (χ0) is 11.7. The number of benzene rings is 1. The summed E-state index contributed by atoms with van der Waals surface area (Å²) in [5.41, 5.74) is 1.39. The highest BCUT2D eigenvalue weighted by atomic mass is 35.5. The molecule has 1 heterocycles. The topological polar surface area (TPSA) is 24.9 Å². The van der Waals surface area contributed by atoms with Crippen LogP contribution in [0.4, 0.5) is 5.82 Å². The van der Waals surface area contributed by atoms with Crippen LogP contribution in [0.25, 0.3) is 0 Å². The zero-order valence-corrected chi connectivity index (χ0v) is 10.1. The second-order valence-electron chi connectivity index (χ2n) is 4.34. The van der Waals surface area contributed by atoms with Crippen LogP contribution in [0.15, 0.2) is 48.7 Å². The van der Waals surface area contributed by atoms with Crippen LogP contribution in [0.3, 0.4) is 0 Å². The van der Waals surface area contributed by atoms with Crippen molar-refractivity contribution in [1.29, 1.82) is 0 Å². The first-order valence-electron chi connectivity index (χ1n) is 5.76. The highest BCUT2D eigenvalue weighted by Crippen LogP contribution is 2.43. The van der Waals surface area contributed by atoms with E-state index in [0.717, 1.165) is 12.2 Å². The van der Waals surface area contributed by atoms with Gasteiger partial charge >= 0.3 is 0 Å². The molecule has 86 valence electrons.